The highest BCUT2D eigenvalue weighted by molar-refractivity contribution is 7.80. The molecule has 1 aromatic heterocycles. The second-order valence-corrected chi connectivity index (χ2v) is 4.71. The Morgan fingerprint density at radius 2 is 2.33 bits per heavy atom. The fraction of sp³-hybridized carbons (Fsp3) is 0.200. The molecule has 5 nitrogen and oxygen atoms in total. The van der Waals surface area contributed by atoms with Crippen LogP contribution in [0, 0.1) is 0 Å². The predicted octanol–water partition coefficient (Wildman–Crippen LogP) is 2.82. The first-order valence-electron chi connectivity index (χ1n) is 6.41. The molecule has 0 fully saturated rings. The van der Waals surface area contributed by atoms with E-state index in [0.717, 1.165) is 5.39 Å². The van der Waals surface area contributed by atoms with Crippen molar-refractivity contribution < 1.29 is 9.15 Å². The van der Waals surface area contributed by atoms with Gasteiger partial charge in [0.2, 0.25) is 0 Å². The summed E-state index contributed by atoms with van der Waals surface area (Å²) >= 11 is 5.06. The third-order valence-corrected chi connectivity index (χ3v) is 3.05. The number of methoxy groups -OCH3 is 1. The molecule has 0 radical (unpaired) electrons. The number of para-hydroxylation sites is 1. The highest BCUT2D eigenvalue weighted by Gasteiger charge is 2.10. The Labute approximate surface area is 128 Å². The molecule has 6 heteroatoms. The highest BCUT2D eigenvalue weighted by Crippen LogP contribution is 2.28. The van der Waals surface area contributed by atoms with E-state index in [2.05, 4.69) is 22.4 Å². The molecule has 1 aromatic carbocycles. The molecule has 110 valence electrons. The zero-order valence-corrected chi connectivity index (χ0v) is 12.8. The molecule has 0 spiro atoms. The Hall–Kier alpha value is -2.34. The second-order valence-electron chi connectivity index (χ2n) is 4.30. The first kappa shape index (κ1) is 15.1. The van der Waals surface area contributed by atoms with Gasteiger partial charge in [-0.25, -0.2) is 0 Å². The van der Waals surface area contributed by atoms with Gasteiger partial charge in [0.25, 0.3) is 0 Å². The maximum absolute atomic E-state index is 5.79. The molecular weight excluding hydrogens is 286 g/mol. The number of fused-ring (bicyclic) bond motifs is 1. The van der Waals surface area contributed by atoms with Crippen LogP contribution in [0.2, 0.25) is 0 Å². The van der Waals surface area contributed by atoms with Crippen LogP contribution in [-0.2, 0) is 0 Å². The number of nitrogens with zero attached hydrogens (tertiary/aromatic N) is 1. The smallest absolute Gasteiger partial charge is 0.187 e. The van der Waals surface area contributed by atoms with Crippen LogP contribution in [0.25, 0.3) is 11.0 Å². The fourth-order valence-corrected chi connectivity index (χ4v) is 1.90. The van der Waals surface area contributed by atoms with Crippen molar-refractivity contribution in [2.45, 2.75) is 6.92 Å². The van der Waals surface area contributed by atoms with E-state index < -0.39 is 0 Å². The standard InChI is InChI=1S/C15H17N3O2S/c1-4-8-16-15(21)18-17-10(2)13-9-11-6-5-7-12(19-3)14(11)20-13/h4-7,9H,1,8H2,2-3H3,(H2,16,18,21)/b17-10-. The Balaban J connectivity index is 2.17. The van der Waals surface area contributed by atoms with Crippen LogP contribution in [0.1, 0.15) is 12.7 Å². The quantitative estimate of drug-likeness (QED) is 0.385. The maximum Gasteiger partial charge on any atom is 0.187 e. The van der Waals surface area contributed by atoms with Crippen LogP contribution in [0.4, 0.5) is 0 Å². The Bertz CT molecular complexity index is 691. The van der Waals surface area contributed by atoms with Crippen LogP contribution in [0.3, 0.4) is 0 Å². The summed E-state index contributed by atoms with van der Waals surface area (Å²) < 4.78 is 11.1. The summed E-state index contributed by atoms with van der Waals surface area (Å²) in [6.07, 6.45) is 1.72. The molecule has 0 aliphatic carbocycles. The van der Waals surface area contributed by atoms with Gasteiger partial charge >= 0.3 is 0 Å². The summed E-state index contributed by atoms with van der Waals surface area (Å²) in [4.78, 5) is 0. The lowest BCUT2D eigenvalue weighted by molar-refractivity contribution is 0.410. The van der Waals surface area contributed by atoms with E-state index >= 15 is 0 Å². The highest BCUT2D eigenvalue weighted by atomic mass is 32.1. The van der Waals surface area contributed by atoms with Crippen LogP contribution in [0.15, 0.2) is 46.4 Å². The number of furan rings is 1. The van der Waals surface area contributed by atoms with Crippen LogP contribution >= 0.6 is 12.2 Å². The SMILES string of the molecule is C=CCNC(=S)N/N=C(/C)c1cc2cccc(OC)c2o1. The largest absolute Gasteiger partial charge is 0.493 e. The number of ether oxygens (including phenoxy) is 1. The number of hydrogen-bond acceptors (Lipinski definition) is 4. The van der Waals surface area contributed by atoms with Gasteiger partial charge in [-0.2, -0.15) is 5.10 Å². The van der Waals surface area contributed by atoms with Crippen molar-refractivity contribution in [1.29, 1.82) is 0 Å². The number of nitrogens with one attached hydrogen (secondary N) is 2. The zero-order chi connectivity index (χ0) is 15.2. The molecule has 2 rings (SSSR count). The third-order valence-electron chi connectivity index (χ3n) is 2.82. The lowest BCUT2D eigenvalue weighted by atomic mass is 10.2. The van der Waals surface area contributed by atoms with E-state index in [9.17, 15) is 0 Å². The summed E-state index contributed by atoms with van der Waals surface area (Å²) in [5.41, 5.74) is 4.15. The molecule has 21 heavy (non-hydrogen) atoms. The van der Waals surface area contributed by atoms with Crippen molar-refractivity contribution in [3.8, 4) is 5.75 Å². The van der Waals surface area contributed by atoms with E-state index in [1.807, 2.05) is 31.2 Å². The van der Waals surface area contributed by atoms with Gasteiger partial charge in [-0.15, -0.1) is 6.58 Å². The van der Waals surface area contributed by atoms with E-state index in [-0.39, 0.29) is 0 Å². The molecule has 1 heterocycles. The predicted molar refractivity (Wildman–Crippen MR) is 88.9 cm³/mol. The van der Waals surface area contributed by atoms with Crippen molar-refractivity contribution in [1.82, 2.24) is 10.7 Å². The maximum atomic E-state index is 5.79. The number of thiocarbonyl (C=S) groups is 1. The molecule has 0 atom stereocenters. The van der Waals surface area contributed by atoms with Crippen molar-refractivity contribution in [3.63, 3.8) is 0 Å². The number of benzene rings is 1. The van der Waals surface area contributed by atoms with E-state index in [1.165, 1.54) is 0 Å². The average molecular weight is 303 g/mol. The third kappa shape index (κ3) is 3.61. The molecule has 0 aliphatic rings. The Morgan fingerprint density at radius 3 is 3.05 bits per heavy atom. The fourth-order valence-electron chi connectivity index (χ4n) is 1.77. The van der Waals surface area contributed by atoms with E-state index in [0.29, 0.717) is 34.5 Å². The summed E-state index contributed by atoms with van der Waals surface area (Å²) in [6, 6.07) is 7.65. The second kappa shape index (κ2) is 6.90. The minimum absolute atomic E-state index is 0.433. The number of hydrogen-bond donors (Lipinski definition) is 2. The van der Waals surface area contributed by atoms with Gasteiger partial charge in [0.05, 0.1) is 7.11 Å². The zero-order valence-electron chi connectivity index (χ0n) is 12.0. The van der Waals surface area contributed by atoms with Crippen LogP contribution in [0.5, 0.6) is 5.75 Å². The Kier molecular flexibility index (Phi) is 4.94. The molecule has 0 amide bonds. The average Bonchev–Trinajstić information content (AvgIpc) is 2.94. The molecular formula is C15H17N3O2S. The van der Waals surface area contributed by atoms with Gasteiger partial charge in [0.15, 0.2) is 22.2 Å². The van der Waals surface area contributed by atoms with Gasteiger partial charge < -0.3 is 14.5 Å². The van der Waals surface area contributed by atoms with Crippen molar-refractivity contribution >= 4 is 34.0 Å². The molecule has 0 bridgehead atoms. The summed E-state index contributed by atoms with van der Waals surface area (Å²) in [5, 5.41) is 8.52. The summed E-state index contributed by atoms with van der Waals surface area (Å²) in [5.74, 6) is 1.36. The minimum Gasteiger partial charge on any atom is -0.493 e. The van der Waals surface area contributed by atoms with Crippen molar-refractivity contribution in [3.05, 3.63) is 42.7 Å². The minimum atomic E-state index is 0.433. The number of rotatable bonds is 5. The van der Waals surface area contributed by atoms with Crippen molar-refractivity contribution in [2.75, 3.05) is 13.7 Å². The van der Waals surface area contributed by atoms with Crippen LogP contribution in [-0.4, -0.2) is 24.5 Å². The Morgan fingerprint density at radius 1 is 1.52 bits per heavy atom. The topological polar surface area (TPSA) is 58.8 Å². The molecule has 2 N–H and O–H groups in total. The molecule has 0 saturated carbocycles. The van der Waals surface area contributed by atoms with Gasteiger partial charge in [0, 0.05) is 11.9 Å². The van der Waals surface area contributed by atoms with E-state index in [4.69, 9.17) is 21.4 Å². The molecule has 2 aromatic rings. The van der Waals surface area contributed by atoms with Gasteiger partial charge in [0.1, 0.15) is 5.71 Å². The molecule has 0 aliphatic heterocycles. The van der Waals surface area contributed by atoms with Gasteiger partial charge in [-0.1, -0.05) is 18.2 Å². The normalized spacial score (nSPS) is 11.2. The molecule has 0 unspecified atom stereocenters. The van der Waals surface area contributed by atoms with E-state index in [1.54, 1.807) is 13.2 Å². The van der Waals surface area contributed by atoms with Gasteiger partial charge in [-0.05, 0) is 31.3 Å². The lowest BCUT2D eigenvalue weighted by Crippen LogP contribution is -2.32. The summed E-state index contributed by atoms with van der Waals surface area (Å²) in [6.45, 7) is 6.03. The first-order chi connectivity index (χ1) is 10.2. The number of hydrazone groups is 1. The monoisotopic (exact) mass is 303 g/mol. The lowest BCUT2D eigenvalue weighted by Gasteiger charge is -2.04. The van der Waals surface area contributed by atoms with Crippen LogP contribution < -0.4 is 15.5 Å². The van der Waals surface area contributed by atoms with Crippen molar-refractivity contribution in [2.24, 2.45) is 5.10 Å². The first-order valence-corrected chi connectivity index (χ1v) is 6.82. The molecule has 0 saturated heterocycles. The summed E-state index contributed by atoms with van der Waals surface area (Å²) in [7, 11) is 1.61. The van der Waals surface area contributed by atoms with Gasteiger partial charge in [-0.3, -0.25) is 5.43 Å².